The van der Waals surface area contributed by atoms with Crippen LogP contribution in [0.1, 0.15) is 38.2 Å². The van der Waals surface area contributed by atoms with Gasteiger partial charge in [0, 0.05) is 21.8 Å². The summed E-state index contributed by atoms with van der Waals surface area (Å²) in [7, 11) is 0. The maximum Gasteiger partial charge on any atom is 0.230 e. The zero-order chi connectivity index (χ0) is 15.2. The van der Waals surface area contributed by atoms with E-state index in [1.165, 1.54) is 12.8 Å². The van der Waals surface area contributed by atoms with E-state index in [-0.39, 0.29) is 5.91 Å². The maximum absolute atomic E-state index is 11.9. The minimum absolute atomic E-state index is 0.129. The average Bonchev–Trinajstić information content (AvgIpc) is 2.44. The Morgan fingerprint density at radius 3 is 2.67 bits per heavy atom. The third-order valence-electron chi connectivity index (χ3n) is 3.89. The summed E-state index contributed by atoms with van der Waals surface area (Å²) in [4.78, 5) is 11.9. The monoisotopic (exact) mass is 345 g/mol. The molecule has 0 unspecified atom stereocenters. The van der Waals surface area contributed by atoms with Gasteiger partial charge in [0.05, 0.1) is 5.75 Å². The first-order chi connectivity index (χ1) is 10.0. The molecule has 1 aliphatic carbocycles. The maximum atomic E-state index is 11.9. The Labute approximate surface area is 141 Å². The van der Waals surface area contributed by atoms with Crippen molar-refractivity contribution in [1.29, 1.82) is 0 Å². The second-order valence-corrected chi connectivity index (χ2v) is 7.58. The number of hydrogen-bond donors (Lipinski definition) is 1. The third kappa shape index (κ3) is 5.72. The van der Waals surface area contributed by atoms with Crippen LogP contribution in [0, 0.1) is 5.92 Å². The van der Waals surface area contributed by atoms with Crippen molar-refractivity contribution in [2.24, 2.45) is 5.92 Å². The summed E-state index contributed by atoms with van der Waals surface area (Å²) in [5.74, 6) is 2.14. The molecular formula is C16H21Cl2NOS. The molecule has 1 N–H and O–H groups in total. The zero-order valence-corrected chi connectivity index (χ0v) is 14.5. The van der Waals surface area contributed by atoms with Crippen LogP contribution in [-0.2, 0) is 10.5 Å². The molecule has 0 heterocycles. The average molecular weight is 346 g/mol. The molecule has 1 amide bonds. The zero-order valence-electron chi connectivity index (χ0n) is 12.2. The molecule has 1 aromatic rings. The predicted octanol–water partition coefficient (Wildman–Crippen LogP) is 4.92. The van der Waals surface area contributed by atoms with Crippen molar-refractivity contribution in [3.8, 4) is 0 Å². The van der Waals surface area contributed by atoms with Gasteiger partial charge in [-0.1, -0.05) is 36.2 Å². The minimum atomic E-state index is 0.129. The molecule has 1 aromatic carbocycles. The lowest BCUT2D eigenvalue weighted by Crippen LogP contribution is -2.38. The van der Waals surface area contributed by atoms with E-state index in [2.05, 4.69) is 12.2 Å². The topological polar surface area (TPSA) is 29.1 Å². The van der Waals surface area contributed by atoms with E-state index in [0.29, 0.717) is 21.8 Å². The lowest BCUT2D eigenvalue weighted by atomic mass is 9.87. The Hall–Kier alpha value is -0.380. The van der Waals surface area contributed by atoms with E-state index in [1.807, 2.05) is 12.1 Å². The number of halogens is 2. The van der Waals surface area contributed by atoms with Crippen LogP contribution in [0.2, 0.25) is 10.0 Å². The molecular weight excluding hydrogens is 325 g/mol. The first-order valence-corrected chi connectivity index (χ1v) is 9.26. The van der Waals surface area contributed by atoms with Crippen molar-refractivity contribution in [3.05, 3.63) is 33.8 Å². The van der Waals surface area contributed by atoms with Crippen LogP contribution >= 0.6 is 35.0 Å². The van der Waals surface area contributed by atoms with Gasteiger partial charge in [-0.05, 0) is 49.3 Å². The van der Waals surface area contributed by atoms with Crippen LogP contribution in [0.25, 0.3) is 0 Å². The van der Waals surface area contributed by atoms with Crippen molar-refractivity contribution in [2.75, 3.05) is 5.75 Å². The molecule has 1 fully saturated rings. The number of amides is 1. The third-order valence-corrected chi connectivity index (χ3v) is 5.46. The number of carbonyl (C=O) groups is 1. The molecule has 2 rings (SSSR count). The summed E-state index contributed by atoms with van der Waals surface area (Å²) in [5, 5.41) is 4.44. The minimum Gasteiger partial charge on any atom is -0.353 e. The lowest BCUT2D eigenvalue weighted by Gasteiger charge is -2.26. The van der Waals surface area contributed by atoms with Crippen LogP contribution in [0.15, 0.2) is 18.2 Å². The van der Waals surface area contributed by atoms with E-state index in [1.54, 1.807) is 17.8 Å². The van der Waals surface area contributed by atoms with E-state index in [4.69, 9.17) is 23.2 Å². The molecule has 0 atom stereocenters. The number of benzene rings is 1. The van der Waals surface area contributed by atoms with Gasteiger partial charge in [-0.25, -0.2) is 0 Å². The molecule has 0 aliphatic heterocycles. The first kappa shape index (κ1) is 17.0. The first-order valence-electron chi connectivity index (χ1n) is 7.35. The molecule has 0 aromatic heterocycles. The van der Waals surface area contributed by atoms with E-state index in [0.717, 1.165) is 30.1 Å². The largest absolute Gasteiger partial charge is 0.353 e. The summed E-state index contributed by atoms with van der Waals surface area (Å²) in [5.41, 5.74) is 1.02. The van der Waals surface area contributed by atoms with Crippen molar-refractivity contribution in [2.45, 2.75) is 44.4 Å². The summed E-state index contributed by atoms with van der Waals surface area (Å²) in [6.45, 7) is 2.28. The number of rotatable bonds is 5. The van der Waals surface area contributed by atoms with Gasteiger partial charge in [-0.3, -0.25) is 4.79 Å². The van der Waals surface area contributed by atoms with Gasteiger partial charge in [0.15, 0.2) is 0 Å². The van der Waals surface area contributed by atoms with Gasteiger partial charge in [0.2, 0.25) is 5.91 Å². The molecule has 116 valence electrons. The highest BCUT2D eigenvalue weighted by Crippen LogP contribution is 2.25. The van der Waals surface area contributed by atoms with Crippen LogP contribution in [0.5, 0.6) is 0 Å². The molecule has 2 nitrogen and oxygen atoms in total. The van der Waals surface area contributed by atoms with Gasteiger partial charge in [0.1, 0.15) is 0 Å². The lowest BCUT2D eigenvalue weighted by molar-refractivity contribution is -0.119. The second-order valence-electron chi connectivity index (χ2n) is 5.75. The predicted molar refractivity (Wildman–Crippen MR) is 92.2 cm³/mol. The van der Waals surface area contributed by atoms with Gasteiger partial charge < -0.3 is 5.32 Å². The fourth-order valence-corrected chi connectivity index (χ4v) is 3.96. The summed E-state index contributed by atoms with van der Waals surface area (Å²) < 4.78 is 0. The quantitative estimate of drug-likeness (QED) is 0.820. The van der Waals surface area contributed by atoms with Crippen molar-refractivity contribution >= 4 is 40.9 Å². The summed E-state index contributed by atoms with van der Waals surface area (Å²) in [6, 6.07) is 5.85. The van der Waals surface area contributed by atoms with E-state index >= 15 is 0 Å². The van der Waals surface area contributed by atoms with Crippen molar-refractivity contribution in [3.63, 3.8) is 0 Å². The standard InChI is InChI=1S/C16H21Cl2NOS/c1-11-2-6-14(7-3-11)19-16(20)10-21-9-12-4-5-13(17)8-15(12)18/h4-5,8,11,14H,2-3,6-7,9-10H2,1H3,(H,19,20). The highest BCUT2D eigenvalue weighted by Gasteiger charge is 2.19. The van der Waals surface area contributed by atoms with E-state index < -0.39 is 0 Å². The van der Waals surface area contributed by atoms with E-state index in [9.17, 15) is 4.79 Å². The fraction of sp³-hybridized carbons (Fsp3) is 0.562. The van der Waals surface area contributed by atoms with Gasteiger partial charge >= 0.3 is 0 Å². The Bertz CT molecular complexity index is 487. The second kappa shape index (κ2) is 8.30. The number of nitrogens with one attached hydrogen (secondary N) is 1. The Morgan fingerprint density at radius 2 is 2.00 bits per heavy atom. The van der Waals surface area contributed by atoms with Crippen LogP contribution in [-0.4, -0.2) is 17.7 Å². The molecule has 5 heteroatoms. The molecule has 0 spiro atoms. The van der Waals surface area contributed by atoms with Gasteiger partial charge in [-0.15, -0.1) is 11.8 Å². The van der Waals surface area contributed by atoms with Crippen molar-refractivity contribution in [1.82, 2.24) is 5.32 Å². The highest BCUT2D eigenvalue weighted by atomic mass is 35.5. The number of carbonyl (C=O) groups excluding carboxylic acids is 1. The number of hydrogen-bond acceptors (Lipinski definition) is 2. The van der Waals surface area contributed by atoms with Crippen molar-refractivity contribution < 1.29 is 4.79 Å². The molecule has 0 radical (unpaired) electrons. The summed E-state index contributed by atoms with van der Waals surface area (Å²) >= 11 is 13.6. The Balaban J connectivity index is 1.69. The fourth-order valence-electron chi connectivity index (χ4n) is 2.57. The molecule has 1 aliphatic rings. The number of thioether (sulfide) groups is 1. The van der Waals surface area contributed by atoms with Crippen LogP contribution in [0.3, 0.4) is 0 Å². The van der Waals surface area contributed by atoms with Crippen LogP contribution < -0.4 is 5.32 Å². The Kier molecular flexibility index (Phi) is 6.72. The molecule has 21 heavy (non-hydrogen) atoms. The molecule has 0 saturated heterocycles. The SMILES string of the molecule is CC1CCC(NC(=O)CSCc2ccc(Cl)cc2Cl)CC1. The summed E-state index contributed by atoms with van der Waals surface area (Å²) in [6.07, 6.45) is 4.66. The van der Waals surface area contributed by atoms with Gasteiger partial charge in [0.25, 0.3) is 0 Å². The highest BCUT2D eigenvalue weighted by molar-refractivity contribution is 7.99. The normalized spacial score (nSPS) is 22.0. The van der Waals surface area contributed by atoms with Crippen LogP contribution in [0.4, 0.5) is 0 Å². The Morgan fingerprint density at radius 1 is 1.29 bits per heavy atom. The molecule has 1 saturated carbocycles. The molecule has 0 bridgehead atoms. The smallest absolute Gasteiger partial charge is 0.230 e. The van der Waals surface area contributed by atoms with Gasteiger partial charge in [-0.2, -0.15) is 0 Å².